The van der Waals surface area contributed by atoms with Crippen molar-refractivity contribution >= 4 is 5.91 Å². The third kappa shape index (κ3) is 5.62. The number of hydrogen-bond donors (Lipinski definition) is 2. The minimum atomic E-state index is -0.122. The number of carbonyl (C=O) groups excluding carboxylic acids is 1. The summed E-state index contributed by atoms with van der Waals surface area (Å²) in [5.74, 6) is -0.0454. The van der Waals surface area contributed by atoms with Crippen molar-refractivity contribution in [1.29, 1.82) is 0 Å². The second-order valence-electron chi connectivity index (χ2n) is 6.26. The molecule has 0 bridgehead atoms. The molecule has 1 aromatic carbocycles. The van der Waals surface area contributed by atoms with Gasteiger partial charge < -0.3 is 10.4 Å². The number of allylic oxidation sites excluding steroid dienone is 1. The lowest BCUT2D eigenvalue weighted by molar-refractivity contribution is -0.116. The third-order valence-corrected chi connectivity index (χ3v) is 3.87. The lowest BCUT2D eigenvalue weighted by Crippen LogP contribution is -2.35. The summed E-state index contributed by atoms with van der Waals surface area (Å²) >= 11 is 0. The Morgan fingerprint density at radius 1 is 1.23 bits per heavy atom. The number of aliphatic hydroxyl groups excluding tert-OH is 1. The molecule has 0 spiro atoms. The number of benzene rings is 1. The zero-order valence-corrected chi connectivity index (χ0v) is 13.5. The van der Waals surface area contributed by atoms with E-state index in [2.05, 4.69) is 34.5 Å². The van der Waals surface area contributed by atoms with Crippen molar-refractivity contribution < 1.29 is 9.90 Å². The van der Waals surface area contributed by atoms with Gasteiger partial charge in [0.2, 0.25) is 5.91 Å². The number of aliphatic hydroxyl groups is 1. The van der Waals surface area contributed by atoms with E-state index in [1.54, 1.807) is 6.08 Å². The minimum Gasteiger partial charge on any atom is -0.393 e. The first-order chi connectivity index (χ1) is 10.5. The van der Waals surface area contributed by atoms with Crippen LogP contribution in [0, 0.1) is 0 Å². The molecule has 0 aliphatic carbocycles. The first kappa shape index (κ1) is 16.7. The molecule has 4 nitrogen and oxygen atoms in total. The maximum atomic E-state index is 11.6. The normalized spacial score (nSPS) is 16.3. The lowest BCUT2D eigenvalue weighted by atomic mass is 10.1. The zero-order valence-electron chi connectivity index (χ0n) is 13.5. The van der Waals surface area contributed by atoms with E-state index in [1.165, 1.54) is 5.56 Å². The molecule has 1 aliphatic rings. The highest BCUT2D eigenvalue weighted by atomic mass is 16.3. The van der Waals surface area contributed by atoms with Crippen LogP contribution in [-0.4, -0.2) is 35.1 Å². The molecule has 4 heteroatoms. The van der Waals surface area contributed by atoms with Gasteiger partial charge in [0.05, 0.1) is 6.10 Å². The fourth-order valence-electron chi connectivity index (χ4n) is 2.60. The molecule has 0 aromatic heterocycles. The van der Waals surface area contributed by atoms with Crippen LogP contribution in [0.4, 0.5) is 0 Å². The van der Waals surface area contributed by atoms with Crippen LogP contribution in [0.15, 0.2) is 35.9 Å². The summed E-state index contributed by atoms with van der Waals surface area (Å²) in [7, 11) is 0. The number of piperidine rings is 1. The van der Waals surface area contributed by atoms with Gasteiger partial charge in [0.25, 0.3) is 0 Å². The van der Waals surface area contributed by atoms with Crippen LogP contribution in [0.2, 0.25) is 0 Å². The summed E-state index contributed by atoms with van der Waals surface area (Å²) in [4.78, 5) is 13.9. The summed E-state index contributed by atoms with van der Waals surface area (Å²) < 4.78 is 0. The second-order valence-corrected chi connectivity index (χ2v) is 6.26. The maximum Gasteiger partial charge on any atom is 0.244 e. The number of nitrogens with one attached hydrogen (secondary N) is 1. The Hall–Kier alpha value is -1.65. The second kappa shape index (κ2) is 8.11. The largest absolute Gasteiger partial charge is 0.393 e. The Balaban J connectivity index is 1.80. The van der Waals surface area contributed by atoms with E-state index in [9.17, 15) is 9.90 Å². The van der Waals surface area contributed by atoms with Crippen LogP contribution in [0.5, 0.6) is 0 Å². The zero-order chi connectivity index (χ0) is 15.9. The summed E-state index contributed by atoms with van der Waals surface area (Å²) in [6.07, 6.45) is 3.23. The van der Waals surface area contributed by atoms with E-state index < -0.39 is 0 Å². The molecule has 0 radical (unpaired) electrons. The van der Waals surface area contributed by atoms with Gasteiger partial charge in [-0.3, -0.25) is 9.69 Å². The van der Waals surface area contributed by atoms with Crippen LogP contribution in [0.1, 0.15) is 37.8 Å². The fraction of sp³-hybridized carbons (Fsp3) is 0.500. The molecular weight excluding hydrogens is 276 g/mol. The SMILES string of the molecule is CC(C)=CC(=O)NCc1ccc(CN2CCC(O)CC2)cc1. The van der Waals surface area contributed by atoms with Crippen molar-refractivity contribution in [3.05, 3.63) is 47.0 Å². The van der Waals surface area contributed by atoms with Crippen molar-refractivity contribution in [2.24, 2.45) is 0 Å². The highest BCUT2D eigenvalue weighted by Crippen LogP contribution is 2.14. The van der Waals surface area contributed by atoms with Crippen LogP contribution in [0.25, 0.3) is 0 Å². The number of rotatable bonds is 5. The molecule has 1 aromatic rings. The molecule has 1 heterocycles. The number of amides is 1. The van der Waals surface area contributed by atoms with Crippen LogP contribution < -0.4 is 5.32 Å². The molecule has 0 unspecified atom stereocenters. The van der Waals surface area contributed by atoms with Gasteiger partial charge in [-0.05, 0) is 37.8 Å². The molecule has 22 heavy (non-hydrogen) atoms. The van der Waals surface area contributed by atoms with Crippen molar-refractivity contribution in [3.63, 3.8) is 0 Å². The number of carbonyl (C=O) groups is 1. The molecule has 2 rings (SSSR count). The van der Waals surface area contributed by atoms with Gasteiger partial charge in [-0.25, -0.2) is 0 Å². The molecule has 2 N–H and O–H groups in total. The number of likely N-dealkylation sites (tertiary alicyclic amines) is 1. The Bertz CT molecular complexity index is 510. The molecule has 1 aliphatic heterocycles. The molecule has 1 fully saturated rings. The minimum absolute atomic E-state index is 0.0454. The highest BCUT2D eigenvalue weighted by molar-refractivity contribution is 5.87. The monoisotopic (exact) mass is 302 g/mol. The van der Waals surface area contributed by atoms with Crippen LogP contribution >= 0.6 is 0 Å². The Kier molecular flexibility index (Phi) is 6.16. The molecule has 0 atom stereocenters. The number of nitrogens with zero attached hydrogens (tertiary/aromatic N) is 1. The quantitative estimate of drug-likeness (QED) is 0.820. The first-order valence-corrected chi connectivity index (χ1v) is 7.94. The van der Waals surface area contributed by atoms with E-state index >= 15 is 0 Å². The van der Waals surface area contributed by atoms with Gasteiger partial charge in [0.1, 0.15) is 0 Å². The van der Waals surface area contributed by atoms with Crippen LogP contribution in [0.3, 0.4) is 0 Å². The Morgan fingerprint density at radius 3 is 2.41 bits per heavy atom. The first-order valence-electron chi connectivity index (χ1n) is 7.94. The molecular formula is C18H26N2O2. The molecule has 0 saturated carbocycles. The van der Waals surface area contributed by atoms with Gasteiger partial charge in [-0.15, -0.1) is 0 Å². The smallest absolute Gasteiger partial charge is 0.244 e. The predicted molar refractivity (Wildman–Crippen MR) is 88.2 cm³/mol. The van der Waals surface area contributed by atoms with Crippen LogP contribution in [-0.2, 0) is 17.9 Å². The summed E-state index contributed by atoms with van der Waals surface area (Å²) in [5.41, 5.74) is 3.38. The molecule has 1 amide bonds. The summed E-state index contributed by atoms with van der Waals surface area (Å²) in [6.45, 7) is 7.22. The van der Waals surface area contributed by atoms with E-state index in [-0.39, 0.29) is 12.0 Å². The predicted octanol–water partition coefficient (Wildman–Crippen LogP) is 2.23. The fourth-order valence-corrected chi connectivity index (χ4v) is 2.60. The lowest BCUT2D eigenvalue weighted by Gasteiger charge is -2.29. The van der Waals surface area contributed by atoms with E-state index in [0.29, 0.717) is 6.54 Å². The van der Waals surface area contributed by atoms with Gasteiger partial charge in [-0.2, -0.15) is 0 Å². The summed E-state index contributed by atoms with van der Waals surface area (Å²) in [5, 5.41) is 12.4. The van der Waals surface area contributed by atoms with E-state index in [1.807, 2.05) is 13.8 Å². The topological polar surface area (TPSA) is 52.6 Å². The van der Waals surface area contributed by atoms with Crippen molar-refractivity contribution in [1.82, 2.24) is 10.2 Å². The van der Waals surface area contributed by atoms with Crippen molar-refractivity contribution in [2.75, 3.05) is 13.1 Å². The van der Waals surface area contributed by atoms with Gasteiger partial charge in [-0.1, -0.05) is 29.8 Å². The standard InChI is InChI=1S/C18H26N2O2/c1-14(2)11-18(22)19-12-15-3-5-16(6-4-15)13-20-9-7-17(21)8-10-20/h3-6,11,17,21H,7-10,12-13H2,1-2H3,(H,19,22). The maximum absolute atomic E-state index is 11.6. The van der Waals surface area contributed by atoms with Gasteiger partial charge in [0, 0.05) is 32.3 Å². The van der Waals surface area contributed by atoms with Crippen molar-refractivity contribution in [2.45, 2.75) is 45.9 Å². The summed E-state index contributed by atoms with van der Waals surface area (Å²) in [6, 6.07) is 8.37. The average Bonchev–Trinajstić information content (AvgIpc) is 2.48. The Labute approximate surface area is 132 Å². The molecule has 1 saturated heterocycles. The Morgan fingerprint density at radius 2 is 1.82 bits per heavy atom. The molecule has 120 valence electrons. The third-order valence-electron chi connectivity index (χ3n) is 3.87. The van der Waals surface area contributed by atoms with Gasteiger partial charge >= 0.3 is 0 Å². The van der Waals surface area contributed by atoms with Crippen molar-refractivity contribution in [3.8, 4) is 0 Å². The van der Waals surface area contributed by atoms with E-state index in [0.717, 1.165) is 43.6 Å². The van der Waals surface area contributed by atoms with E-state index in [4.69, 9.17) is 0 Å². The average molecular weight is 302 g/mol. The highest BCUT2D eigenvalue weighted by Gasteiger charge is 2.16. The number of hydrogen-bond acceptors (Lipinski definition) is 3. The van der Waals surface area contributed by atoms with Gasteiger partial charge in [0.15, 0.2) is 0 Å².